The van der Waals surface area contributed by atoms with E-state index < -0.39 is 7.52 Å². The molecule has 1 heterocycles. The van der Waals surface area contributed by atoms with E-state index in [1.165, 1.54) is 0 Å². The van der Waals surface area contributed by atoms with Crippen molar-refractivity contribution in [3.05, 3.63) is 109 Å². The summed E-state index contributed by atoms with van der Waals surface area (Å²) in [7, 11) is -3.35. The fourth-order valence-corrected chi connectivity index (χ4v) is 6.19. The van der Waals surface area contributed by atoms with E-state index in [9.17, 15) is 4.57 Å². The van der Waals surface area contributed by atoms with Gasteiger partial charge in [0.2, 0.25) is 0 Å². The summed E-state index contributed by atoms with van der Waals surface area (Å²) in [5, 5.41) is 4.03. The SMILES string of the molecule is C[C@H](N[P@@]1(=O)Oc2c(-c3ccccc3)cccc2-c2ccccc21)c1ccccc1. The standard InChI is InChI=1S/C26H22NO2P/c1-19(20-11-4-2-5-12-20)27-30(28)25-18-9-8-15-23(25)24-17-10-16-22(26(24)29-30)21-13-6-3-7-14-21/h2-19H,1H3,(H,27,28)/t19-,30-/m0/s1. The van der Waals surface area contributed by atoms with Gasteiger partial charge in [-0.05, 0) is 24.1 Å². The zero-order chi connectivity index (χ0) is 20.6. The van der Waals surface area contributed by atoms with Crippen LogP contribution < -0.4 is 14.9 Å². The third-order valence-electron chi connectivity index (χ3n) is 5.49. The maximum absolute atomic E-state index is 14.3. The summed E-state index contributed by atoms with van der Waals surface area (Å²) in [4.78, 5) is 0. The molecular weight excluding hydrogens is 389 g/mol. The lowest BCUT2D eigenvalue weighted by Gasteiger charge is -2.32. The Bertz CT molecular complexity index is 1220. The number of hydrogen-bond donors (Lipinski definition) is 1. The van der Waals surface area contributed by atoms with Crippen LogP contribution in [0.2, 0.25) is 0 Å². The second-order valence-electron chi connectivity index (χ2n) is 7.47. The van der Waals surface area contributed by atoms with Gasteiger partial charge in [0.25, 0.3) is 0 Å². The highest BCUT2D eigenvalue weighted by atomic mass is 31.2. The first-order chi connectivity index (χ1) is 14.7. The molecule has 0 saturated carbocycles. The second-order valence-corrected chi connectivity index (χ2v) is 9.50. The van der Waals surface area contributed by atoms with Crippen LogP contribution in [0.1, 0.15) is 18.5 Å². The van der Waals surface area contributed by atoms with Gasteiger partial charge < -0.3 is 4.52 Å². The molecule has 3 nitrogen and oxygen atoms in total. The van der Waals surface area contributed by atoms with E-state index in [1.54, 1.807) is 0 Å². The van der Waals surface area contributed by atoms with E-state index in [0.29, 0.717) is 11.1 Å². The third-order valence-corrected chi connectivity index (χ3v) is 7.69. The number of fused-ring (bicyclic) bond motifs is 3. The number of hydrogen-bond acceptors (Lipinski definition) is 2. The van der Waals surface area contributed by atoms with Gasteiger partial charge in [-0.15, -0.1) is 0 Å². The fraction of sp³-hybridized carbons (Fsp3) is 0.0769. The average Bonchev–Trinajstić information content (AvgIpc) is 2.80. The first-order valence-electron chi connectivity index (χ1n) is 10.1. The van der Waals surface area contributed by atoms with Crippen molar-refractivity contribution in [3.63, 3.8) is 0 Å². The van der Waals surface area contributed by atoms with Crippen LogP contribution in [0.4, 0.5) is 0 Å². The van der Waals surface area contributed by atoms with Gasteiger partial charge in [0.1, 0.15) is 5.75 Å². The molecule has 148 valence electrons. The monoisotopic (exact) mass is 411 g/mol. The Morgan fingerprint density at radius 3 is 2.07 bits per heavy atom. The van der Waals surface area contributed by atoms with E-state index in [1.807, 2.05) is 110 Å². The number of para-hydroxylation sites is 1. The Balaban J connectivity index is 1.64. The molecule has 4 aromatic rings. The smallest absolute Gasteiger partial charge is 0.348 e. The molecule has 30 heavy (non-hydrogen) atoms. The van der Waals surface area contributed by atoms with Crippen molar-refractivity contribution in [3.8, 4) is 28.0 Å². The molecule has 1 aliphatic rings. The predicted molar refractivity (Wildman–Crippen MR) is 123 cm³/mol. The zero-order valence-corrected chi connectivity index (χ0v) is 17.6. The van der Waals surface area contributed by atoms with E-state index in [2.05, 4.69) is 5.09 Å². The van der Waals surface area contributed by atoms with Gasteiger partial charge in [-0.1, -0.05) is 97.1 Å². The second kappa shape index (κ2) is 7.60. The number of nitrogens with one attached hydrogen (secondary N) is 1. The predicted octanol–water partition coefficient (Wildman–Crippen LogP) is 6.58. The summed E-state index contributed by atoms with van der Waals surface area (Å²) in [6.45, 7) is 2.01. The van der Waals surface area contributed by atoms with Crippen LogP contribution in [0.25, 0.3) is 22.3 Å². The van der Waals surface area contributed by atoms with Crippen LogP contribution in [0.15, 0.2) is 103 Å². The molecule has 4 aromatic carbocycles. The van der Waals surface area contributed by atoms with Gasteiger partial charge in [0.15, 0.2) is 0 Å². The van der Waals surface area contributed by atoms with Crippen LogP contribution in [0, 0.1) is 0 Å². The summed E-state index contributed by atoms with van der Waals surface area (Å²) in [5.41, 5.74) is 4.96. The fourth-order valence-electron chi connectivity index (χ4n) is 4.00. The molecule has 0 aliphatic carbocycles. The lowest BCUT2D eigenvalue weighted by atomic mass is 9.97. The summed E-state index contributed by atoms with van der Waals surface area (Å²) < 4.78 is 20.6. The number of rotatable bonds is 4. The summed E-state index contributed by atoms with van der Waals surface area (Å²) in [5.74, 6) is 0.665. The Hall–Kier alpha value is -3.13. The lowest BCUT2D eigenvalue weighted by molar-refractivity contribution is 0.468. The van der Waals surface area contributed by atoms with Crippen molar-refractivity contribution in [1.29, 1.82) is 0 Å². The molecule has 0 radical (unpaired) electrons. The minimum atomic E-state index is -3.35. The molecule has 2 atom stereocenters. The van der Waals surface area contributed by atoms with Gasteiger partial charge >= 0.3 is 7.52 Å². The van der Waals surface area contributed by atoms with Crippen LogP contribution in [0.3, 0.4) is 0 Å². The quantitative estimate of drug-likeness (QED) is 0.385. The molecular formula is C26H22NO2P. The largest absolute Gasteiger partial charge is 0.428 e. The van der Waals surface area contributed by atoms with Crippen molar-refractivity contribution < 1.29 is 9.09 Å². The Kier molecular flexibility index (Phi) is 4.78. The van der Waals surface area contributed by atoms with Gasteiger partial charge in [-0.3, -0.25) is 4.57 Å². The van der Waals surface area contributed by atoms with Crippen molar-refractivity contribution in [2.75, 3.05) is 0 Å². The number of benzene rings is 4. The molecule has 0 bridgehead atoms. The molecule has 0 aromatic heterocycles. The minimum absolute atomic E-state index is 0.129. The molecule has 4 heteroatoms. The highest BCUT2D eigenvalue weighted by Gasteiger charge is 2.38. The molecule has 0 saturated heterocycles. The van der Waals surface area contributed by atoms with Gasteiger partial charge in [-0.25, -0.2) is 5.09 Å². The van der Waals surface area contributed by atoms with Gasteiger partial charge in [-0.2, -0.15) is 0 Å². The molecule has 0 spiro atoms. The first kappa shape index (κ1) is 18.9. The van der Waals surface area contributed by atoms with E-state index in [4.69, 9.17) is 4.52 Å². The van der Waals surface area contributed by atoms with Crippen molar-refractivity contribution in [2.24, 2.45) is 0 Å². The lowest BCUT2D eigenvalue weighted by Crippen LogP contribution is -2.29. The summed E-state index contributed by atoms with van der Waals surface area (Å²) in [6.07, 6.45) is 0. The first-order valence-corrected chi connectivity index (χ1v) is 11.7. The van der Waals surface area contributed by atoms with Crippen molar-refractivity contribution in [2.45, 2.75) is 13.0 Å². The average molecular weight is 411 g/mol. The van der Waals surface area contributed by atoms with Crippen LogP contribution >= 0.6 is 7.52 Å². The summed E-state index contributed by atoms with van der Waals surface area (Å²) >= 11 is 0. The van der Waals surface area contributed by atoms with E-state index >= 15 is 0 Å². The summed E-state index contributed by atoms with van der Waals surface area (Å²) in [6, 6.07) is 33.9. The molecule has 5 rings (SSSR count). The van der Waals surface area contributed by atoms with E-state index in [-0.39, 0.29) is 6.04 Å². The highest BCUT2D eigenvalue weighted by Crippen LogP contribution is 2.55. The third kappa shape index (κ3) is 3.27. The van der Waals surface area contributed by atoms with Crippen LogP contribution in [-0.2, 0) is 4.57 Å². The van der Waals surface area contributed by atoms with Crippen LogP contribution in [-0.4, -0.2) is 0 Å². The maximum atomic E-state index is 14.3. The molecule has 0 fully saturated rings. The molecule has 1 N–H and O–H groups in total. The Morgan fingerprint density at radius 2 is 1.30 bits per heavy atom. The zero-order valence-electron chi connectivity index (χ0n) is 16.7. The Morgan fingerprint density at radius 1 is 0.700 bits per heavy atom. The van der Waals surface area contributed by atoms with Gasteiger partial charge in [0.05, 0.1) is 5.30 Å². The van der Waals surface area contributed by atoms with Gasteiger partial charge in [0, 0.05) is 22.7 Å². The normalized spacial score (nSPS) is 18.0. The topological polar surface area (TPSA) is 38.3 Å². The molecule has 1 aliphatic heterocycles. The molecule has 0 amide bonds. The molecule has 0 unspecified atom stereocenters. The van der Waals surface area contributed by atoms with E-state index in [0.717, 1.165) is 27.8 Å². The Labute approximate surface area is 176 Å². The minimum Gasteiger partial charge on any atom is -0.428 e. The van der Waals surface area contributed by atoms with Crippen molar-refractivity contribution in [1.82, 2.24) is 5.09 Å². The van der Waals surface area contributed by atoms with Crippen molar-refractivity contribution >= 4 is 12.8 Å². The highest BCUT2D eigenvalue weighted by molar-refractivity contribution is 7.65. The van der Waals surface area contributed by atoms with Crippen LogP contribution in [0.5, 0.6) is 5.75 Å². The maximum Gasteiger partial charge on any atom is 0.348 e.